The van der Waals surface area contributed by atoms with Gasteiger partial charge in [0, 0.05) is 18.7 Å². The van der Waals surface area contributed by atoms with Gasteiger partial charge >= 0.3 is 0 Å². The number of pyridine rings is 1. The van der Waals surface area contributed by atoms with Gasteiger partial charge in [-0.3, -0.25) is 4.98 Å². The maximum absolute atomic E-state index is 11.1. The molecule has 5 N–H and O–H groups in total. The second-order valence-electron chi connectivity index (χ2n) is 10.7. The molecule has 3 aromatic rings. The Balaban J connectivity index is 1.50. The summed E-state index contributed by atoms with van der Waals surface area (Å²) in [6.07, 6.45) is 4.86. The average Bonchev–Trinajstić information content (AvgIpc) is 3.53. The van der Waals surface area contributed by atoms with E-state index >= 15 is 0 Å². The maximum Gasteiger partial charge on any atom is 0.224 e. The third-order valence-corrected chi connectivity index (χ3v) is 9.28. The molecule has 5 rings (SSSR count). The molecule has 2 fully saturated rings. The van der Waals surface area contributed by atoms with Crippen molar-refractivity contribution in [2.75, 3.05) is 17.2 Å². The molecule has 9 nitrogen and oxygen atoms in total. The van der Waals surface area contributed by atoms with Gasteiger partial charge in [-0.1, -0.05) is 26.7 Å². The Kier molecular flexibility index (Phi) is 7.37. The fourth-order valence-electron chi connectivity index (χ4n) is 5.56. The lowest BCUT2D eigenvalue weighted by atomic mass is 9.80. The van der Waals surface area contributed by atoms with E-state index in [2.05, 4.69) is 15.6 Å². The smallest absolute Gasteiger partial charge is 0.224 e. The van der Waals surface area contributed by atoms with Gasteiger partial charge in [-0.2, -0.15) is 4.98 Å². The number of thiazole rings is 1. The summed E-state index contributed by atoms with van der Waals surface area (Å²) in [7, 11) is 0. The van der Waals surface area contributed by atoms with Gasteiger partial charge in [0.2, 0.25) is 5.95 Å². The second-order valence-corrected chi connectivity index (χ2v) is 11.7. The highest BCUT2D eigenvalue weighted by molar-refractivity contribution is 7.21. The number of hydrogen-bond donors (Lipinski definition) is 5. The van der Waals surface area contributed by atoms with Crippen molar-refractivity contribution in [1.82, 2.24) is 19.9 Å². The summed E-state index contributed by atoms with van der Waals surface area (Å²) in [6.45, 7) is 8.53. The Morgan fingerprint density at radius 2 is 1.81 bits per heavy atom. The van der Waals surface area contributed by atoms with Crippen LogP contribution >= 0.6 is 11.3 Å². The summed E-state index contributed by atoms with van der Waals surface area (Å²) in [6, 6.07) is 1.48. The Bertz CT molecular complexity index is 1260. The average molecular weight is 527 g/mol. The predicted molar refractivity (Wildman–Crippen MR) is 147 cm³/mol. The number of nitrogens with zero attached hydrogens (tertiary/aromatic N) is 4. The highest BCUT2D eigenvalue weighted by Crippen LogP contribution is 2.42. The van der Waals surface area contributed by atoms with Crippen LogP contribution in [0.1, 0.15) is 63.8 Å². The molecular formula is C27H38N6O3S. The third-order valence-electron chi connectivity index (χ3n) is 8.25. The molecule has 3 heterocycles. The maximum atomic E-state index is 11.1. The Morgan fingerprint density at radius 3 is 2.49 bits per heavy atom. The number of aromatic nitrogens is 4. The first kappa shape index (κ1) is 26.2. The van der Waals surface area contributed by atoms with E-state index in [4.69, 9.17) is 15.0 Å². The summed E-state index contributed by atoms with van der Waals surface area (Å²) in [5.74, 6) is 1.47. The van der Waals surface area contributed by atoms with Crippen LogP contribution in [0.2, 0.25) is 0 Å². The molecule has 200 valence electrons. The minimum absolute atomic E-state index is 0.427. The van der Waals surface area contributed by atoms with Crippen LogP contribution in [0.25, 0.3) is 20.8 Å². The molecule has 2 aliphatic carbocycles. The molecule has 0 spiro atoms. The van der Waals surface area contributed by atoms with Crippen molar-refractivity contribution < 1.29 is 15.3 Å². The molecule has 2 saturated carbocycles. The van der Waals surface area contributed by atoms with Gasteiger partial charge in [-0.25, -0.2) is 9.97 Å². The predicted octanol–water partition coefficient (Wildman–Crippen LogP) is 4.05. The van der Waals surface area contributed by atoms with Crippen molar-refractivity contribution in [2.24, 2.45) is 11.8 Å². The highest BCUT2D eigenvalue weighted by atomic mass is 32.1. The summed E-state index contributed by atoms with van der Waals surface area (Å²) in [4.78, 5) is 18.8. The van der Waals surface area contributed by atoms with E-state index in [1.165, 1.54) is 12.8 Å². The summed E-state index contributed by atoms with van der Waals surface area (Å²) in [5.41, 5.74) is 2.24. The zero-order chi connectivity index (χ0) is 26.3. The van der Waals surface area contributed by atoms with Gasteiger partial charge in [0.15, 0.2) is 0 Å². The lowest BCUT2D eigenvalue weighted by Gasteiger charge is -2.34. The molecule has 37 heavy (non-hydrogen) atoms. The standard InChI is InChI=1S/C27H38N6O3S/c1-5-27(36,6-2)17-13-18(23(35)22(17)34)31-24-20(25-32-21-15(4)28-12-10-19(21)37-25)14(3)30-26(33-24)29-11-9-16-7-8-16/h10,12,16-18,22-23,34-36H,5-9,11,13H2,1-4H3,(H2,29,30,31,33)/t17-,18+,22+,23-/m0/s1. The first-order chi connectivity index (χ1) is 17.7. The molecule has 3 aromatic heterocycles. The van der Waals surface area contributed by atoms with Gasteiger partial charge in [0.05, 0.1) is 39.4 Å². The minimum atomic E-state index is -1.04. The van der Waals surface area contributed by atoms with E-state index < -0.39 is 29.8 Å². The van der Waals surface area contributed by atoms with Crippen molar-refractivity contribution in [3.63, 3.8) is 0 Å². The Hall–Kier alpha value is -2.40. The van der Waals surface area contributed by atoms with Crippen molar-refractivity contribution >= 4 is 33.3 Å². The first-order valence-electron chi connectivity index (χ1n) is 13.4. The SMILES string of the molecule is CCC(O)(CC)[C@H]1C[C@@H](Nc2nc(NCCC3CC3)nc(C)c2-c2nc3c(C)nccc3s2)[C@H](O)[C@@H]1O. The highest BCUT2D eigenvalue weighted by Gasteiger charge is 2.50. The van der Waals surface area contributed by atoms with Gasteiger partial charge < -0.3 is 26.0 Å². The molecule has 0 aromatic carbocycles. The normalized spacial score (nSPS) is 24.1. The van der Waals surface area contributed by atoms with E-state index in [0.29, 0.717) is 31.0 Å². The molecule has 0 bridgehead atoms. The molecular weight excluding hydrogens is 488 g/mol. The van der Waals surface area contributed by atoms with Gasteiger partial charge in [-0.05, 0) is 51.5 Å². The molecule has 0 aliphatic heterocycles. The lowest BCUT2D eigenvalue weighted by molar-refractivity contribution is -0.0843. The molecule has 0 unspecified atom stereocenters. The van der Waals surface area contributed by atoms with Crippen LogP contribution in [0, 0.1) is 25.7 Å². The van der Waals surface area contributed by atoms with E-state index in [-0.39, 0.29) is 0 Å². The number of aryl methyl sites for hydroxylation is 2. The number of anilines is 2. The van der Waals surface area contributed by atoms with E-state index in [0.717, 1.165) is 51.1 Å². The van der Waals surface area contributed by atoms with E-state index in [1.807, 2.05) is 33.8 Å². The van der Waals surface area contributed by atoms with Crippen molar-refractivity contribution in [3.05, 3.63) is 23.7 Å². The van der Waals surface area contributed by atoms with Gasteiger partial charge in [0.25, 0.3) is 0 Å². The molecule has 2 aliphatic rings. The van der Waals surface area contributed by atoms with E-state index in [1.54, 1.807) is 17.5 Å². The molecule has 10 heteroatoms. The second kappa shape index (κ2) is 10.4. The zero-order valence-electron chi connectivity index (χ0n) is 22.0. The van der Waals surface area contributed by atoms with Crippen LogP contribution in [0.15, 0.2) is 12.3 Å². The summed E-state index contributed by atoms with van der Waals surface area (Å²) in [5, 5.41) is 40.6. The van der Waals surface area contributed by atoms with Gasteiger partial charge in [-0.15, -0.1) is 11.3 Å². The number of aliphatic hydroxyl groups excluding tert-OH is 2. The third kappa shape index (κ3) is 5.16. The summed E-state index contributed by atoms with van der Waals surface area (Å²) < 4.78 is 1.03. The zero-order valence-corrected chi connectivity index (χ0v) is 22.8. The fourth-order valence-corrected chi connectivity index (χ4v) is 6.67. The van der Waals surface area contributed by atoms with Crippen molar-refractivity contribution in [1.29, 1.82) is 0 Å². The fraction of sp³-hybridized carbons (Fsp3) is 0.630. The Morgan fingerprint density at radius 1 is 1.05 bits per heavy atom. The molecule has 0 radical (unpaired) electrons. The number of hydrogen-bond acceptors (Lipinski definition) is 10. The Labute approximate surface area is 221 Å². The topological polar surface area (TPSA) is 136 Å². The van der Waals surface area contributed by atoms with Crippen molar-refractivity contribution in [3.8, 4) is 10.6 Å². The van der Waals surface area contributed by atoms with Crippen LogP contribution in [0.3, 0.4) is 0 Å². The van der Waals surface area contributed by atoms with Crippen LogP contribution < -0.4 is 10.6 Å². The van der Waals surface area contributed by atoms with Crippen LogP contribution in [-0.4, -0.2) is 65.7 Å². The van der Waals surface area contributed by atoms with E-state index in [9.17, 15) is 15.3 Å². The van der Waals surface area contributed by atoms with Gasteiger partial charge in [0.1, 0.15) is 22.4 Å². The molecule has 0 saturated heterocycles. The number of nitrogens with one attached hydrogen (secondary N) is 2. The quantitative estimate of drug-likeness (QED) is 0.265. The number of fused-ring (bicyclic) bond motifs is 1. The largest absolute Gasteiger partial charge is 0.390 e. The number of aliphatic hydroxyl groups is 3. The monoisotopic (exact) mass is 526 g/mol. The minimum Gasteiger partial charge on any atom is -0.390 e. The molecule has 4 atom stereocenters. The number of rotatable bonds is 10. The first-order valence-corrected chi connectivity index (χ1v) is 14.3. The van der Waals surface area contributed by atoms with Crippen LogP contribution in [0.5, 0.6) is 0 Å². The summed E-state index contributed by atoms with van der Waals surface area (Å²) >= 11 is 1.56. The van der Waals surface area contributed by atoms with Crippen LogP contribution in [0.4, 0.5) is 11.8 Å². The lowest BCUT2D eigenvalue weighted by Crippen LogP contribution is -2.43. The van der Waals surface area contributed by atoms with Crippen molar-refractivity contribution in [2.45, 2.75) is 90.1 Å². The van der Waals surface area contributed by atoms with Crippen LogP contribution in [-0.2, 0) is 0 Å². The molecule has 0 amide bonds.